The van der Waals surface area contributed by atoms with Gasteiger partial charge >= 0.3 is 5.69 Å². The number of methoxy groups -OCH3 is 1. The van der Waals surface area contributed by atoms with Gasteiger partial charge < -0.3 is 15.2 Å². The maximum Gasteiger partial charge on any atom is 0.311 e. The van der Waals surface area contributed by atoms with E-state index in [9.17, 15) is 14.9 Å². The fraction of sp³-hybridized carbons (Fsp3) is 0.500. The van der Waals surface area contributed by atoms with Crippen LogP contribution in [0, 0.1) is 15.5 Å². The summed E-state index contributed by atoms with van der Waals surface area (Å²) in [5, 5.41) is 22.6. The number of aliphatic hydroxyl groups excluding tert-OH is 1. The Kier molecular flexibility index (Phi) is 5.66. The van der Waals surface area contributed by atoms with Crippen molar-refractivity contribution in [1.29, 1.82) is 0 Å². The van der Waals surface area contributed by atoms with E-state index >= 15 is 0 Å². The van der Waals surface area contributed by atoms with Gasteiger partial charge in [-0.1, -0.05) is 13.8 Å². The van der Waals surface area contributed by atoms with Gasteiger partial charge in [-0.3, -0.25) is 14.9 Å². The normalized spacial score (nSPS) is 11.0. The SMILES string of the molecule is COc1ccc(C(=O)NCC(C)(C)CCO)cc1[N+](=O)[O-]. The molecule has 0 spiro atoms. The average molecular weight is 296 g/mol. The van der Waals surface area contributed by atoms with Gasteiger partial charge in [0, 0.05) is 24.8 Å². The minimum Gasteiger partial charge on any atom is -0.490 e. The van der Waals surface area contributed by atoms with E-state index < -0.39 is 10.8 Å². The molecule has 0 aromatic heterocycles. The van der Waals surface area contributed by atoms with Crippen molar-refractivity contribution in [2.24, 2.45) is 5.41 Å². The number of benzene rings is 1. The van der Waals surface area contributed by atoms with Crippen LogP contribution in [0.15, 0.2) is 18.2 Å². The predicted octanol–water partition coefficient (Wildman–Crippen LogP) is 1.74. The molecule has 1 aromatic rings. The van der Waals surface area contributed by atoms with E-state index in [1.54, 1.807) is 0 Å². The standard InChI is InChI=1S/C14H20N2O5/c1-14(2,6-7-17)9-15-13(18)10-4-5-12(21-3)11(8-10)16(19)20/h4-5,8,17H,6-7,9H2,1-3H3,(H,15,18). The molecule has 0 aliphatic rings. The smallest absolute Gasteiger partial charge is 0.311 e. The molecule has 1 aromatic carbocycles. The second-order valence-corrected chi connectivity index (χ2v) is 5.46. The molecule has 0 fully saturated rings. The van der Waals surface area contributed by atoms with Gasteiger partial charge in [-0.2, -0.15) is 0 Å². The highest BCUT2D eigenvalue weighted by Gasteiger charge is 2.21. The van der Waals surface area contributed by atoms with Crippen molar-refractivity contribution in [1.82, 2.24) is 5.32 Å². The third kappa shape index (κ3) is 4.71. The predicted molar refractivity (Wildman–Crippen MR) is 77.5 cm³/mol. The number of nitrogens with zero attached hydrogens (tertiary/aromatic N) is 1. The molecule has 0 aliphatic heterocycles. The number of hydrogen-bond acceptors (Lipinski definition) is 5. The summed E-state index contributed by atoms with van der Waals surface area (Å²) in [6, 6.07) is 4.05. The van der Waals surface area contributed by atoms with E-state index in [4.69, 9.17) is 9.84 Å². The zero-order chi connectivity index (χ0) is 16.0. The number of ether oxygens (including phenoxy) is 1. The Morgan fingerprint density at radius 2 is 2.14 bits per heavy atom. The lowest BCUT2D eigenvalue weighted by atomic mass is 9.89. The van der Waals surface area contributed by atoms with Crippen molar-refractivity contribution >= 4 is 11.6 Å². The van der Waals surface area contributed by atoms with Crippen molar-refractivity contribution in [3.05, 3.63) is 33.9 Å². The molecule has 1 rings (SSSR count). The van der Waals surface area contributed by atoms with E-state index in [0.29, 0.717) is 13.0 Å². The first kappa shape index (κ1) is 16.9. The van der Waals surface area contributed by atoms with Crippen LogP contribution in [-0.4, -0.2) is 36.2 Å². The Bertz CT molecular complexity index is 528. The van der Waals surface area contributed by atoms with Gasteiger partial charge in [0.1, 0.15) is 0 Å². The molecule has 116 valence electrons. The highest BCUT2D eigenvalue weighted by Crippen LogP contribution is 2.27. The number of carbonyl (C=O) groups is 1. The van der Waals surface area contributed by atoms with Crippen LogP contribution in [0.1, 0.15) is 30.6 Å². The second-order valence-electron chi connectivity index (χ2n) is 5.46. The van der Waals surface area contributed by atoms with E-state index in [2.05, 4.69) is 5.32 Å². The van der Waals surface area contributed by atoms with E-state index in [0.717, 1.165) is 0 Å². The molecule has 21 heavy (non-hydrogen) atoms. The first-order valence-electron chi connectivity index (χ1n) is 6.52. The third-order valence-electron chi connectivity index (χ3n) is 3.15. The molecule has 1 amide bonds. The van der Waals surface area contributed by atoms with Gasteiger partial charge in [0.25, 0.3) is 5.91 Å². The molecule has 2 N–H and O–H groups in total. The lowest BCUT2D eigenvalue weighted by molar-refractivity contribution is -0.385. The number of rotatable bonds is 7. The van der Waals surface area contributed by atoms with Crippen LogP contribution in [-0.2, 0) is 0 Å². The summed E-state index contributed by atoms with van der Waals surface area (Å²) < 4.78 is 4.89. The average Bonchev–Trinajstić information content (AvgIpc) is 2.44. The highest BCUT2D eigenvalue weighted by molar-refractivity contribution is 5.95. The number of aliphatic hydroxyl groups is 1. The van der Waals surface area contributed by atoms with Gasteiger partial charge in [-0.05, 0) is 24.0 Å². The maximum absolute atomic E-state index is 12.0. The molecule has 0 saturated carbocycles. The van der Waals surface area contributed by atoms with Gasteiger partial charge in [-0.25, -0.2) is 0 Å². The fourth-order valence-electron chi connectivity index (χ4n) is 1.79. The first-order valence-corrected chi connectivity index (χ1v) is 6.52. The molecule has 7 nitrogen and oxygen atoms in total. The highest BCUT2D eigenvalue weighted by atomic mass is 16.6. The van der Waals surface area contributed by atoms with Gasteiger partial charge in [0.2, 0.25) is 0 Å². The quantitative estimate of drug-likeness (QED) is 0.589. The van der Waals surface area contributed by atoms with E-state index in [-0.39, 0.29) is 29.0 Å². The van der Waals surface area contributed by atoms with Crippen LogP contribution < -0.4 is 10.1 Å². The molecule has 0 bridgehead atoms. The lowest BCUT2D eigenvalue weighted by Gasteiger charge is -2.23. The zero-order valence-electron chi connectivity index (χ0n) is 12.4. The Morgan fingerprint density at radius 1 is 1.48 bits per heavy atom. The van der Waals surface area contributed by atoms with Gasteiger partial charge in [0.15, 0.2) is 5.75 Å². The van der Waals surface area contributed by atoms with Crippen molar-refractivity contribution in [3.8, 4) is 5.75 Å². The van der Waals surface area contributed by atoms with Crippen LogP contribution in [0.4, 0.5) is 5.69 Å². The Hall–Kier alpha value is -2.15. The summed E-state index contributed by atoms with van der Waals surface area (Å²) in [5.41, 5.74) is -0.301. The number of carbonyl (C=O) groups excluding carboxylic acids is 1. The molecule has 0 radical (unpaired) electrons. The largest absolute Gasteiger partial charge is 0.490 e. The molecular weight excluding hydrogens is 276 g/mol. The van der Waals surface area contributed by atoms with Crippen LogP contribution in [0.3, 0.4) is 0 Å². The van der Waals surface area contributed by atoms with Crippen molar-refractivity contribution < 1.29 is 19.6 Å². The number of nitro benzene ring substituents is 1. The Morgan fingerprint density at radius 3 is 2.67 bits per heavy atom. The van der Waals surface area contributed by atoms with Crippen molar-refractivity contribution in [3.63, 3.8) is 0 Å². The molecule has 7 heteroatoms. The number of nitrogens with one attached hydrogen (secondary N) is 1. The molecular formula is C14H20N2O5. The van der Waals surface area contributed by atoms with Crippen LogP contribution in [0.25, 0.3) is 0 Å². The molecule has 0 saturated heterocycles. The Labute approximate surface area is 123 Å². The first-order chi connectivity index (χ1) is 9.80. The fourth-order valence-corrected chi connectivity index (χ4v) is 1.79. The van der Waals surface area contributed by atoms with E-state index in [1.165, 1.54) is 25.3 Å². The molecule has 0 heterocycles. The van der Waals surface area contributed by atoms with Gasteiger partial charge in [0.05, 0.1) is 12.0 Å². The molecule has 0 atom stereocenters. The minimum absolute atomic E-state index is 0.0386. The number of nitro groups is 1. The maximum atomic E-state index is 12.0. The topological polar surface area (TPSA) is 102 Å². The summed E-state index contributed by atoms with van der Waals surface area (Å²) in [4.78, 5) is 22.4. The summed E-state index contributed by atoms with van der Waals surface area (Å²) in [5.74, 6) is -0.288. The number of hydrogen-bond donors (Lipinski definition) is 2. The molecule has 0 aliphatic carbocycles. The third-order valence-corrected chi connectivity index (χ3v) is 3.15. The van der Waals surface area contributed by atoms with E-state index in [1.807, 2.05) is 13.8 Å². The van der Waals surface area contributed by atoms with Crippen LogP contribution in [0.2, 0.25) is 0 Å². The summed E-state index contributed by atoms with van der Waals surface area (Å²) in [6.07, 6.45) is 0.552. The molecule has 0 unspecified atom stereocenters. The van der Waals surface area contributed by atoms with Crippen LogP contribution in [0.5, 0.6) is 5.75 Å². The van der Waals surface area contributed by atoms with Gasteiger partial charge in [-0.15, -0.1) is 0 Å². The monoisotopic (exact) mass is 296 g/mol. The number of amides is 1. The van der Waals surface area contributed by atoms with Crippen molar-refractivity contribution in [2.75, 3.05) is 20.3 Å². The minimum atomic E-state index is -0.592. The summed E-state index contributed by atoms with van der Waals surface area (Å²) >= 11 is 0. The summed E-state index contributed by atoms with van der Waals surface area (Å²) in [7, 11) is 1.33. The lowest BCUT2D eigenvalue weighted by Crippen LogP contribution is -2.34. The Balaban J connectivity index is 2.84. The zero-order valence-corrected chi connectivity index (χ0v) is 12.4. The van der Waals surface area contributed by atoms with Crippen molar-refractivity contribution in [2.45, 2.75) is 20.3 Å². The summed E-state index contributed by atoms with van der Waals surface area (Å²) in [6.45, 7) is 4.24. The second kappa shape index (κ2) is 7.03. The van der Waals surface area contributed by atoms with Crippen LogP contribution >= 0.6 is 0 Å².